The molecule has 5 nitrogen and oxygen atoms in total. The first-order valence-corrected chi connectivity index (χ1v) is 6.94. The van der Waals surface area contributed by atoms with Crippen LogP contribution in [0.25, 0.3) is 0 Å². The van der Waals surface area contributed by atoms with Crippen molar-refractivity contribution in [3.05, 3.63) is 65.2 Å². The summed E-state index contributed by atoms with van der Waals surface area (Å²) in [7, 11) is 1.30. The molecule has 0 aliphatic carbocycles. The van der Waals surface area contributed by atoms with Gasteiger partial charge in [0.1, 0.15) is 12.4 Å². The van der Waals surface area contributed by atoms with Gasteiger partial charge >= 0.3 is 5.97 Å². The molecule has 0 heterocycles. The summed E-state index contributed by atoms with van der Waals surface area (Å²) in [6.45, 7) is -0.110. The number of nitriles is 1. The normalized spacial score (nSPS) is 9.74. The van der Waals surface area contributed by atoms with Crippen LogP contribution in [0.3, 0.4) is 0 Å². The van der Waals surface area contributed by atoms with E-state index in [0.717, 1.165) is 5.56 Å². The molecule has 2 rings (SSSR count). The van der Waals surface area contributed by atoms with E-state index in [2.05, 4.69) is 4.74 Å². The number of carbonyl (C=O) groups is 2. The van der Waals surface area contributed by atoms with Gasteiger partial charge in [-0.1, -0.05) is 18.2 Å². The van der Waals surface area contributed by atoms with Gasteiger partial charge in [-0.25, -0.2) is 4.79 Å². The van der Waals surface area contributed by atoms with Crippen LogP contribution in [0.1, 0.15) is 21.5 Å². The highest BCUT2D eigenvalue weighted by atomic mass is 16.5. The van der Waals surface area contributed by atoms with E-state index in [1.165, 1.54) is 13.2 Å². The van der Waals surface area contributed by atoms with Crippen LogP contribution in [0, 0.1) is 11.3 Å². The fraction of sp³-hybridized carbons (Fsp3) is 0.167. The number of methoxy groups -OCH3 is 1. The van der Waals surface area contributed by atoms with Crippen molar-refractivity contribution in [2.75, 3.05) is 13.7 Å². The lowest BCUT2D eigenvalue weighted by atomic mass is 10.1. The molecule has 0 spiro atoms. The highest BCUT2D eigenvalue weighted by Crippen LogP contribution is 2.14. The number of benzene rings is 2. The molecule has 0 saturated carbocycles. The van der Waals surface area contributed by atoms with Crippen LogP contribution in [0.4, 0.5) is 0 Å². The average molecular weight is 309 g/mol. The number of carbonyl (C=O) groups excluding carboxylic acids is 2. The van der Waals surface area contributed by atoms with Crippen molar-refractivity contribution in [1.82, 2.24) is 0 Å². The Labute approximate surface area is 134 Å². The summed E-state index contributed by atoms with van der Waals surface area (Å²) in [6, 6.07) is 15.4. The van der Waals surface area contributed by atoms with Crippen molar-refractivity contribution in [2.45, 2.75) is 6.42 Å². The lowest BCUT2D eigenvalue weighted by molar-refractivity contribution is -0.120. The maximum absolute atomic E-state index is 12.0. The van der Waals surface area contributed by atoms with Crippen LogP contribution in [0.2, 0.25) is 0 Å². The minimum Gasteiger partial charge on any atom is -0.486 e. The third-order valence-electron chi connectivity index (χ3n) is 3.11. The Kier molecular flexibility index (Phi) is 5.48. The summed E-state index contributed by atoms with van der Waals surface area (Å²) in [6.07, 6.45) is 0.187. The molecule has 0 amide bonds. The van der Waals surface area contributed by atoms with Crippen LogP contribution in [-0.2, 0) is 16.0 Å². The zero-order valence-corrected chi connectivity index (χ0v) is 12.6. The minimum atomic E-state index is -0.463. The number of hydrogen-bond acceptors (Lipinski definition) is 5. The van der Waals surface area contributed by atoms with Crippen molar-refractivity contribution in [1.29, 1.82) is 5.26 Å². The zero-order valence-electron chi connectivity index (χ0n) is 12.6. The topological polar surface area (TPSA) is 76.4 Å². The maximum atomic E-state index is 12.0. The minimum absolute atomic E-state index is 0.110. The second kappa shape index (κ2) is 7.76. The molecule has 0 unspecified atom stereocenters. The Morgan fingerprint density at radius 3 is 2.65 bits per heavy atom. The van der Waals surface area contributed by atoms with Crippen molar-refractivity contribution in [3.63, 3.8) is 0 Å². The largest absolute Gasteiger partial charge is 0.486 e. The van der Waals surface area contributed by atoms with E-state index < -0.39 is 5.97 Å². The number of nitrogens with zero attached hydrogens (tertiary/aromatic N) is 1. The molecule has 0 aliphatic heterocycles. The first kappa shape index (κ1) is 16.2. The number of esters is 1. The SMILES string of the molecule is COC(=O)c1cccc(OCC(=O)Cc2cccc(C#N)c2)c1. The molecule has 0 bridgehead atoms. The number of ether oxygens (including phenoxy) is 2. The van der Waals surface area contributed by atoms with E-state index in [0.29, 0.717) is 16.9 Å². The van der Waals surface area contributed by atoms with Crippen LogP contribution in [-0.4, -0.2) is 25.5 Å². The monoisotopic (exact) mass is 309 g/mol. The standard InChI is InChI=1S/C18H15NO4/c1-22-18(21)15-6-3-7-17(10-15)23-12-16(20)9-13-4-2-5-14(8-13)11-19/h2-8,10H,9,12H2,1H3. The molecule has 23 heavy (non-hydrogen) atoms. The molecule has 0 aliphatic rings. The summed E-state index contributed by atoms with van der Waals surface area (Å²) in [5.41, 5.74) is 1.64. The van der Waals surface area contributed by atoms with E-state index in [1.807, 2.05) is 6.07 Å². The highest BCUT2D eigenvalue weighted by molar-refractivity contribution is 5.89. The van der Waals surface area contributed by atoms with Crippen LogP contribution >= 0.6 is 0 Å². The van der Waals surface area contributed by atoms with Gasteiger partial charge in [0.15, 0.2) is 5.78 Å². The van der Waals surface area contributed by atoms with Gasteiger partial charge < -0.3 is 9.47 Å². The molecule has 2 aromatic carbocycles. The van der Waals surface area contributed by atoms with Gasteiger partial charge in [0.05, 0.1) is 24.3 Å². The molecular formula is C18H15NO4. The van der Waals surface area contributed by atoms with Gasteiger partial charge in [-0.3, -0.25) is 4.79 Å². The fourth-order valence-electron chi connectivity index (χ4n) is 2.02. The third kappa shape index (κ3) is 4.68. The van der Waals surface area contributed by atoms with Gasteiger partial charge in [-0.2, -0.15) is 5.26 Å². The van der Waals surface area contributed by atoms with Crippen molar-refractivity contribution < 1.29 is 19.1 Å². The van der Waals surface area contributed by atoms with Crippen LogP contribution in [0.15, 0.2) is 48.5 Å². The maximum Gasteiger partial charge on any atom is 0.337 e. The fourth-order valence-corrected chi connectivity index (χ4v) is 2.02. The Bertz CT molecular complexity index is 762. The summed E-state index contributed by atoms with van der Waals surface area (Å²) in [5, 5.41) is 8.84. The molecular weight excluding hydrogens is 294 g/mol. The molecule has 0 atom stereocenters. The van der Waals surface area contributed by atoms with Crippen LogP contribution < -0.4 is 4.74 Å². The Balaban J connectivity index is 1.94. The van der Waals surface area contributed by atoms with Gasteiger partial charge in [-0.15, -0.1) is 0 Å². The number of ketones is 1. The van der Waals surface area contributed by atoms with Crippen molar-refractivity contribution in [2.24, 2.45) is 0 Å². The van der Waals surface area contributed by atoms with Gasteiger partial charge in [0.2, 0.25) is 0 Å². The zero-order chi connectivity index (χ0) is 16.7. The van der Waals surface area contributed by atoms with Crippen molar-refractivity contribution >= 4 is 11.8 Å². The van der Waals surface area contributed by atoms with E-state index in [-0.39, 0.29) is 18.8 Å². The van der Waals surface area contributed by atoms with E-state index in [4.69, 9.17) is 10.00 Å². The van der Waals surface area contributed by atoms with Crippen molar-refractivity contribution in [3.8, 4) is 11.8 Å². The second-order valence-electron chi connectivity index (χ2n) is 4.84. The average Bonchev–Trinajstić information content (AvgIpc) is 2.59. The predicted molar refractivity (Wildman–Crippen MR) is 83.1 cm³/mol. The lowest BCUT2D eigenvalue weighted by Crippen LogP contribution is -2.14. The van der Waals surface area contributed by atoms with Gasteiger partial charge in [0.25, 0.3) is 0 Å². The molecule has 0 aromatic heterocycles. The Morgan fingerprint density at radius 1 is 1.13 bits per heavy atom. The van der Waals surface area contributed by atoms with Gasteiger partial charge in [-0.05, 0) is 35.9 Å². The number of Topliss-reactive ketones (excluding diaryl/α,β-unsaturated/α-hetero) is 1. The Morgan fingerprint density at radius 2 is 1.91 bits per heavy atom. The third-order valence-corrected chi connectivity index (χ3v) is 3.11. The molecule has 5 heteroatoms. The molecule has 116 valence electrons. The second-order valence-corrected chi connectivity index (χ2v) is 4.84. The first-order chi connectivity index (χ1) is 11.1. The summed E-state index contributed by atoms with van der Waals surface area (Å²) < 4.78 is 10.0. The molecule has 2 aromatic rings. The van der Waals surface area contributed by atoms with Gasteiger partial charge in [0, 0.05) is 6.42 Å². The van der Waals surface area contributed by atoms with E-state index in [1.54, 1.807) is 42.5 Å². The molecule has 0 saturated heterocycles. The highest BCUT2D eigenvalue weighted by Gasteiger charge is 2.09. The molecule has 0 fully saturated rings. The Hall–Kier alpha value is -3.13. The number of rotatable bonds is 6. The smallest absolute Gasteiger partial charge is 0.337 e. The molecule has 0 N–H and O–H groups in total. The predicted octanol–water partition coefficient (Wildman–Crippen LogP) is 2.54. The lowest BCUT2D eigenvalue weighted by Gasteiger charge is -2.07. The summed E-state index contributed by atoms with van der Waals surface area (Å²) in [4.78, 5) is 23.4. The quantitative estimate of drug-likeness (QED) is 0.766. The van der Waals surface area contributed by atoms with E-state index in [9.17, 15) is 9.59 Å². The summed E-state index contributed by atoms with van der Waals surface area (Å²) in [5.74, 6) is -0.161. The molecule has 0 radical (unpaired) electrons. The van der Waals surface area contributed by atoms with E-state index >= 15 is 0 Å². The van der Waals surface area contributed by atoms with Crippen LogP contribution in [0.5, 0.6) is 5.75 Å². The number of hydrogen-bond donors (Lipinski definition) is 0. The first-order valence-electron chi connectivity index (χ1n) is 6.94. The summed E-state index contributed by atoms with van der Waals surface area (Å²) >= 11 is 0.